The molecule has 6 nitrogen and oxygen atoms in total. The molecule has 0 bridgehead atoms. The highest BCUT2D eigenvalue weighted by atomic mass is 16.2. The molecule has 1 N–H and O–H groups in total. The van der Waals surface area contributed by atoms with Crippen molar-refractivity contribution in [2.45, 2.75) is 63.8 Å². The maximum Gasteiger partial charge on any atom is 0.271 e. The second-order valence-corrected chi connectivity index (χ2v) is 7.26. The summed E-state index contributed by atoms with van der Waals surface area (Å²) in [5.74, 6) is 0.848. The number of carbonyl (C=O) groups excluding carboxylic acids is 2. The normalized spacial score (nSPS) is 19.6. The van der Waals surface area contributed by atoms with Crippen molar-refractivity contribution in [3.63, 3.8) is 0 Å². The maximum atomic E-state index is 12.4. The molecule has 2 aliphatic rings. The summed E-state index contributed by atoms with van der Waals surface area (Å²) in [6.07, 6.45) is 14.5. The average Bonchev–Trinajstić information content (AvgIpc) is 2.68. The van der Waals surface area contributed by atoms with Gasteiger partial charge in [0.05, 0.1) is 6.20 Å². The van der Waals surface area contributed by atoms with Crippen LogP contribution in [0.5, 0.6) is 0 Å². The highest BCUT2D eigenvalue weighted by Gasteiger charge is 2.25. The Labute approximate surface area is 149 Å². The zero-order valence-corrected chi connectivity index (χ0v) is 14.8. The minimum absolute atomic E-state index is 0.108. The van der Waals surface area contributed by atoms with Gasteiger partial charge in [-0.2, -0.15) is 0 Å². The lowest BCUT2D eigenvalue weighted by molar-refractivity contribution is -0.132. The summed E-state index contributed by atoms with van der Waals surface area (Å²) in [6, 6.07) is 0.108. The van der Waals surface area contributed by atoms with Gasteiger partial charge in [-0.3, -0.25) is 14.6 Å². The van der Waals surface area contributed by atoms with Crippen molar-refractivity contribution in [2.24, 2.45) is 5.92 Å². The molecule has 1 aromatic heterocycles. The van der Waals surface area contributed by atoms with Gasteiger partial charge in [0.15, 0.2) is 0 Å². The Balaban J connectivity index is 1.37. The number of aromatic nitrogens is 2. The lowest BCUT2D eigenvalue weighted by Gasteiger charge is -2.33. The molecule has 2 amide bonds. The Hall–Kier alpha value is -1.98. The predicted octanol–water partition coefficient (Wildman–Crippen LogP) is 2.56. The van der Waals surface area contributed by atoms with Gasteiger partial charge in [0.2, 0.25) is 5.91 Å². The Kier molecular flexibility index (Phi) is 6.36. The molecular weight excluding hydrogens is 316 g/mol. The minimum Gasteiger partial charge on any atom is -0.348 e. The lowest BCUT2D eigenvalue weighted by Crippen LogP contribution is -2.46. The molecule has 3 rings (SSSR count). The molecule has 1 saturated heterocycles. The fraction of sp³-hybridized carbons (Fsp3) is 0.684. The summed E-state index contributed by atoms with van der Waals surface area (Å²) < 4.78 is 0. The zero-order valence-electron chi connectivity index (χ0n) is 14.8. The first kappa shape index (κ1) is 17.8. The maximum absolute atomic E-state index is 12.4. The van der Waals surface area contributed by atoms with E-state index < -0.39 is 0 Å². The van der Waals surface area contributed by atoms with Gasteiger partial charge >= 0.3 is 0 Å². The van der Waals surface area contributed by atoms with Gasteiger partial charge in [0.1, 0.15) is 5.69 Å². The van der Waals surface area contributed by atoms with Crippen LogP contribution in [0.2, 0.25) is 0 Å². The number of nitrogens with zero attached hydrogens (tertiary/aromatic N) is 3. The molecule has 1 aliphatic carbocycles. The Morgan fingerprint density at radius 3 is 2.52 bits per heavy atom. The molecule has 0 unspecified atom stereocenters. The second-order valence-electron chi connectivity index (χ2n) is 7.26. The SMILES string of the molecule is O=C(NC1CCN(C(=O)CCC2CCCCC2)CC1)c1cnccn1. The van der Waals surface area contributed by atoms with Gasteiger partial charge in [-0.1, -0.05) is 32.1 Å². The third kappa shape index (κ3) is 5.25. The van der Waals surface area contributed by atoms with Crippen LogP contribution in [0, 0.1) is 5.92 Å². The molecule has 0 spiro atoms. The molecule has 0 aromatic carbocycles. The van der Waals surface area contributed by atoms with Gasteiger partial charge in [0.25, 0.3) is 5.91 Å². The van der Waals surface area contributed by atoms with Crippen LogP contribution in [0.15, 0.2) is 18.6 Å². The molecule has 136 valence electrons. The molecule has 25 heavy (non-hydrogen) atoms. The first-order valence-corrected chi connectivity index (χ1v) is 9.57. The van der Waals surface area contributed by atoms with Crippen molar-refractivity contribution in [1.82, 2.24) is 20.2 Å². The number of nitrogens with one attached hydrogen (secondary N) is 1. The van der Waals surface area contributed by atoms with Gasteiger partial charge in [-0.15, -0.1) is 0 Å². The Bertz CT molecular complexity index is 564. The fourth-order valence-electron chi connectivity index (χ4n) is 3.91. The van der Waals surface area contributed by atoms with Gasteiger partial charge < -0.3 is 10.2 Å². The minimum atomic E-state index is -0.185. The summed E-state index contributed by atoms with van der Waals surface area (Å²) in [5.41, 5.74) is 0.341. The Morgan fingerprint density at radius 1 is 1.08 bits per heavy atom. The second kappa shape index (κ2) is 8.92. The molecule has 0 radical (unpaired) electrons. The van der Waals surface area contributed by atoms with E-state index in [0.717, 1.165) is 38.3 Å². The quantitative estimate of drug-likeness (QED) is 0.891. The number of piperidine rings is 1. The van der Waals surface area contributed by atoms with Crippen molar-refractivity contribution < 1.29 is 9.59 Å². The van der Waals surface area contributed by atoms with Crippen molar-refractivity contribution in [3.05, 3.63) is 24.3 Å². The number of rotatable bonds is 5. The summed E-state index contributed by atoms with van der Waals surface area (Å²) in [5, 5.41) is 3.00. The largest absolute Gasteiger partial charge is 0.348 e. The highest BCUT2D eigenvalue weighted by molar-refractivity contribution is 5.92. The van der Waals surface area contributed by atoms with Crippen LogP contribution < -0.4 is 5.32 Å². The molecule has 2 fully saturated rings. The molecule has 0 atom stereocenters. The zero-order chi connectivity index (χ0) is 17.5. The van der Waals surface area contributed by atoms with Crippen LogP contribution in [-0.4, -0.2) is 45.8 Å². The van der Waals surface area contributed by atoms with Crippen LogP contribution in [-0.2, 0) is 4.79 Å². The molecule has 1 aliphatic heterocycles. The van der Waals surface area contributed by atoms with E-state index in [2.05, 4.69) is 15.3 Å². The standard InChI is InChI=1S/C19H28N4O2/c24-18(7-6-15-4-2-1-3-5-15)23-12-8-16(9-13-23)22-19(25)17-14-20-10-11-21-17/h10-11,14-16H,1-9,12-13H2,(H,22,25). The van der Waals surface area contributed by atoms with Crippen LogP contribution in [0.4, 0.5) is 0 Å². The number of likely N-dealkylation sites (tertiary alicyclic amines) is 1. The smallest absolute Gasteiger partial charge is 0.271 e. The summed E-state index contributed by atoms with van der Waals surface area (Å²) >= 11 is 0. The van der Waals surface area contributed by atoms with E-state index >= 15 is 0 Å². The number of amides is 2. The first-order chi connectivity index (χ1) is 12.2. The van der Waals surface area contributed by atoms with E-state index in [-0.39, 0.29) is 17.9 Å². The van der Waals surface area contributed by atoms with Crippen LogP contribution in [0.25, 0.3) is 0 Å². The van der Waals surface area contributed by atoms with Crippen LogP contribution >= 0.6 is 0 Å². The average molecular weight is 344 g/mol. The highest BCUT2D eigenvalue weighted by Crippen LogP contribution is 2.27. The fourth-order valence-corrected chi connectivity index (χ4v) is 3.91. The van der Waals surface area contributed by atoms with E-state index in [1.54, 1.807) is 6.20 Å². The van der Waals surface area contributed by atoms with E-state index in [4.69, 9.17) is 0 Å². The first-order valence-electron chi connectivity index (χ1n) is 9.57. The molecule has 1 saturated carbocycles. The third-order valence-electron chi connectivity index (χ3n) is 5.47. The lowest BCUT2D eigenvalue weighted by atomic mass is 9.86. The van der Waals surface area contributed by atoms with Crippen molar-refractivity contribution in [1.29, 1.82) is 0 Å². The monoisotopic (exact) mass is 344 g/mol. The Morgan fingerprint density at radius 2 is 1.84 bits per heavy atom. The van der Waals surface area contributed by atoms with Gasteiger partial charge in [-0.25, -0.2) is 4.98 Å². The van der Waals surface area contributed by atoms with Gasteiger partial charge in [-0.05, 0) is 25.2 Å². The molecule has 1 aromatic rings. The third-order valence-corrected chi connectivity index (χ3v) is 5.47. The van der Waals surface area contributed by atoms with Crippen LogP contribution in [0.1, 0.15) is 68.3 Å². The van der Waals surface area contributed by atoms with Crippen molar-refractivity contribution in [2.75, 3.05) is 13.1 Å². The number of carbonyl (C=O) groups is 2. The number of hydrogen-bond acceptors (Lipinski definition) is 4. The van der Waals surface area contributed by atoms with Crippen molar-refractivity contribution in [3.8, 4) is 0 Å². The van der Waals surface area contributed by atoms with Crippen LogP contribution in [0.3, 0.4) is 0 Å². The van der Waals surface area contributed by atoms with E-state index in [1.165, 1.54) is 44.5 Å². The predicted molar refractivity (Wildman–Crippen MR) is 94.9 cm³/mol. The van der Waals surface area contributed by atoms with Gasteiger partial charge in [0, 0.05) is 37.9 Å². The van der Waals surface area contributed by atoms with E-state index in [0.29, 0.717) is 12.1 Å². The van der Waals surface area contributed by atoms with Crippen molar-refractivity contribution >= 4 is 11.8 Å². The molecular formula is C19H28N4O2. The summed E-state index contributed by atoms with van der Waals surface area (Å²) in [7, 11) is 0. The number of hydrogen-bond donors (Lipinski definition) is 1. The molecule has 2 heterocycles. The van der Waals surface area contributed by atoms with E-state index in [1.807, 2.05) is 4.90 Å². The van der Waals surface area contributed by atoms with E-state index in [9.17, 15) is 9.59 Å². The summed E-state index contributed by atoms with van der Waals surface area (Å²) in [4.78, 5) is 34.4. The topological polar surface area (TPSA) is 75.2 Å². The summed E-state index contributed by atoms with van der Waals surface area (Å²) in [6.45, 7) is 1.46. The molecule has 6 heteroatoms.